The maximum absolute atomic E-state index is 10.5. The van der Waals surface area contributed by atoms with Crippen LogP contribution in [0.5, 0.6) is 0 Å². The van der Waals surface area contributed by atoms with Crippen LogP contribution in [0.4, 0.5) is 5.69 Å². The van der Waals surface area contributed by atoms with Gasteiger partial charge in [-0.15, -0.1) is 0 Å². The van der Waals surface area contributed by atoms with Crippen LogP contribution in [0.1, 0.15) is 37.9 Å². The van der Waals surface area contributed by atoms with Gasteiger partial charge in [0.2, 0.25) is 0 Å². The second-order valence-electron chi connectivity index (χ2n) is 7.51. The summed E-state index contributed by atoms with van der Waals surface area (Å²) in [5, 5.41) is 29.2. The fourth-order valence-corrected chi connectivity index (χ4v) is 3.67. The molecular weight excluding hydrogens is 328 g/mol. The molecule has 2 atom stereocenters. The van der Waals surface area contributed by atoms with Crippen LogP contribution in [0.15, 0.2) is 24.3 Å². The number of hydrogen-bond acceptors (Lipinski definition) is 4. The normalized spacial score (nSPS) is 19.3. The topological polar surface area (TPSA) is 88.2 Å². The maximum Gasteiger partial charge on any atom is 0.134 e. The predicted octanol–water partition coefficient (Wildman–Crippen LogP) is 2.96. The van der Waals surface area contributed by atoms with E-state index >= 15 is 0 Å². The quantitative estimate of drug-likeness (QED) is 0.543. The van der Waals surface area contributed by atoms with Gasteiger partial charge in [-0.1, -0.05) is 13.0 Å². The Bertz CT molecular complexity index is 941. The van der Waals surface area contributed by atoms with Crippen molar-refractivity contribution in [3.63, 3.8) is 0 Å². The van der Waals surface area contributed by atoms with E-state index in [1.165, 1.54) is 0 Å². The number of hydrogen-bond donors (Lipinski definition) is 4. The van der Waals surface area contributed by atoms with E-state index in [0.29, 0.717) is 12.8 Å². The van der Waals surface area contributed by atoms with Crippen LogP contribution < -0.4 is 4.90 Å². The van der Waals surface area contributed by atoms with Crippen molar-refractivity contribution < 1.29 is 10.2 Å². The molecule has 4 N–H and O–H groups in total. The summed E-state index contributed by atoms with van der Waals surface area (Å²) >= 11 is 0. The SMILES string of the molecule is CCC(C)(O)N(C)c1ccc2cc(-c3n[nH]c4c3CC(O)CC4)[nH]c2c1. The first-order valence-electron chi connectivity index (χ1n) is 9.22. The number of fused-ring (bicyclic) bond motifs is 2. The minimum Gasteiger partial charge on any atom is -0.393 e. The van der Waals surface area contributed by atoms with Gasteiger partial charge in [-0.3, -0.25) is 5.10 Å². The van der Waals surface area contributed by atoms with Crippen molar-refractivity contribution in [2.24, 2.45) is 0 Å². The van der Waals surface area contributed by atoms with Crippen LogP contribution in [-0.4, -0.2) is 44.3 Å². The van der Waals surface area contributed by atoms with Gasteiger partial charge in [-0.05, 0) is 44.4 Å². The van der Waals surface area contributed by atoms with Crippen molar-refractivity contribution >= 4 is 16.6 Å². The number of aromatic nitrogens is 3. The standard InChI is InChI=1S/C20H26N4O2/c1-4-20(2,26)24(3)13-6-5-12-9-18(21-17(12)10-13)19-15-11-14(25)7-8-16(15)22-23-19/h5-6,9-10,14,21,25-26H,4,7-8,11H2,1-3H3,(H,22,23). The van der Waals surface area contributed by atoms with Crippen molar-refractivity contribution in [3.05, 3.63) is 35.5 Å². The molecule has 0 fully saturated rings. The summed E-state index contributed by atoms with van der Waals surface area (Å²) < 4.78 is 0. The third-order valence-electron chi connectivity index (χ3n) is 5.76. The Balaban J connectivity index is 1.72. The number of rotatable bonds is 4. The summed E-state index contributed by atoms with van der Waals surface area (Å²) in [5.41, 5.74) is 5.16. The minimum atomic E-state index is -0.888. The molecule has 2 heterocycles. The summed E-state index contributed by atoms with van der Waals surface area (Å²) in [6.07, 6.45) is 2.61. The Kier molecular flexibility index (Phi) is 4.04. The van der Waals surface area contributed by atoms with Gasteiger partial charge in [0.05, 0.1) is 11.8 Å². The molecule has 0 aliphatic heterocycles. The van der Waals surface area contributed by atoms with Gasteiger partial charge >= 0.3 is 0 Å². The lowest BCUT2D eigenvalue weighted by Gasteiger charge is -2.35. The number of aliphatic hydroxyl groups is 2. The Hall–Kier alpha value is -2.31. The van der Waals surface area contributed by atoms with Crippen molar-refractivity contribution in [2.75, 3.05) is 11.9 Å². The van der Waals surface area contributed by atoms with Crippen LogP contribution in [0.25, 0.3) is 22.3 Å². The van der Waals surface area contributed by atoms with E-state index < -0.39 is 5.72 Å². The van der Waals surface area contributed by atoms with E-state index in [-0.39, 0.29) is 6.10 Å². The van der Waals surface area contributed by atoms with Crippen LogP contribution in [0, 0.1) is 0 Å². The van der Waals surface area contributed by atoms with Crippen molar-refractivity contribution in [1.29, 1.82) is 0 Å². The molecule has 2 aromatic heterocycles. The molecular formula is C20H26N4O2. The number of aliphatic hydroxyl groups excluding tert-OH is 1. The van der Waals surface area contributed by atoms with Gasteiger partial charge in [-0.2, -0.15) is 5.10 Å². The summed E-state index contributed by atoms with van der Waals surface area (Å²) in [4.78, 5) is 5.34. The summed E-state index contributed by atoms with van der Waals surface area (Å²) in [5.74, 6) is 0. The summed E-state index contributed by atoms with van der Waals surface area (Å²) in [7, 11) is 1.90. The number of aromatic amines is 2. The first kappa shape index (κ1) is 17.1. The molecule has 0 bridgehead atoms. The fraction of sp³-hybridized carbons (Fsp3) is 0.450. The van der Waals surface area contributed by atoms with Crippen molar-refractivity contribution in [3.8, 4) is 11.4 Å². The van der Waals surface area contributed by atoms with Gasteiger partial charge in [0.15, 0.2) is 0 Å². The Morgan fingerprint density at radius 1 is 1.35 bits per heavy atom. The number of nitrogens with one attached hydrogen (secondary N) is 2. The van der Waals surface area contributed by atoms with E-state index in [1.807, 2.05) is 31.9 Å². The molecule has 6 nitrogen and oxygen atoms in total. The van der Waals surface area contributed by atoms with Gasteiger partial charge in [0, 0.05) is 41.3 Å². The molecule has 0 saturated heterocycles. The molecule has 4 rings (SSSR count). The van der Waals surface area contributed by atoms with Crippen LogP contribution in [0.3, 0.4) is 0 Å². The third-order valence-corrected chi connectivity index (χ3v) is 5.76. The molecule has 0 saturated carbocycles. The van der Waals surface area contributed by atoms with E-state index in [2.05, 4.69) is 33.4 Å². The lowest BCUT2D eigenvalue weighted by Crippen LogP contribution is -2.43. The molecule has 138 valence electrons. The first-order chi connectivity index (χ1) is 12.4. The lowest BCUT2D eigenvalue weighted by molar-refractivity contribution is 0.0572. The number of anilines is 1. The van der Waals surface area contributed by atoms with E-state index in [0.717, 1.165) is 52.1 Å². The second-order valence-corrected chi connectivity index (χ2v) is 7.51. The van der Waals surface area contributed by atoms with Gasteiger partial charge in [0.25, 0.3) is 0 Å². The monoisotopic (exact) mass is 354 g/mol. The molecule has 0 radical (unpaired) electrons. The molecule has 26 heavy (non-hydrogen) atoms. The first-order valence-corrected chi connectivity index (χ1v) is 9.22. The lowest BCUT2D eigenvalue weighted by atomic mass is 9.93. The molecule has 0 spiro atoms. The molecule has 0 amide bonds. The third kappa shape index (κ3) is 2.79. The molecule has 1 aliphatic carbocycles. The van der Waals surface area contributed by atoms with Crippen LogP contribution in [-0.2, 0) is 12.8 Å². The zero-order valence-electron chi connectivity index (χ0n) is 15.5. The molecule has 6 heteroatoms. The highest BCUT2D eigenvalue weighted by Crippen LogP contribution is 2.33. The molecule has 2 unspecified atom stereocenters. The molecule has 1 aliphatic rings. The van der Waals surface area contributed by atoms with Gasteiger partial charge in [-0.25, -0.2) is 0 Å². The Labute approximate surface area is 152 Å². The Morgan fingerprint density at radius 3 is 2.92 bits per heavy atom. The molecule has 1 aromatic carbocycles. The minimum absolute atomic E-state index is 0.292. The smallest absolute Gasteiger partial charge is 0.134 e. The van der Waals surface area contributed by atoms with Crippen molar-refractivity contribution in [1.82, 2.24) is 15.2 Å². The van der Waals surface area contributed by atoms with Gasteiger partial charge in [0.1, 0.15) is 11.4 Å². The highest BCUT2D eigenvalue weighted by Gasteiger charge is 2.25. The van der Waals surface area contributed by atoms with E-state index in [4.69, 9.17) is 0 Å². The summed E-state index contributed by atoms with van der Waals surface area (Å²) in [6.45, 7) is 3.79. The Morgan fingerprint density at radius 2 is 2.15 bits per heavy atom. The second kappa shape index (κ2) is 6.14. The zero-order chi connectivity index (χ0) is 18.5. The summed E-state index contributed by atoms with van der Waals surface area (Å²) in [6, 6.07) is 8.22. The predicted molar refractivity (Wildman–Crippen MR) is 103 cm³/mol. The zero-order valence-corrected chi connectivity index (χ0v) is 15.5. The average Bonchev–Trinajstić information content (AvgIpc) is 3.23. The van der Waals surface area contributed by atoms with E-state index in [9.17, 15) is 10.2 Å². The van der Waals surface area contributed by atoms with Crippen LogP contribution in [0.2, 0.25) is 0 Å². The fourth-order valence-electron chi connectivity index (χ4n) is 3.67. The highest BCUT2D eigenvalue weighted by molar-refractivity contribution is 5.88. The number of H-pyrrole nitrogens is 2. The average molecular weight is 354 g/mol. The van der Waals surface area contributed by atoms with Gasteiger partial charge < -0.3 is 20.1 Å². The van der Waals surface area contributed by atoms with Crippen molar-refractivity contribution in [2.45, 2.75) is 51.4 Å². The number of aryl methyl sites for hydroxylation is 1. The number of nitrogens with zero attached hydrogens (tertiary/aromatic N) is 2. The maximum atomic E-state index is 10.5. The largest absolute Gasteiger partial charge is 0.393 e. The number of benzene rings is 1. The van der Waals surface area contributed by atoms with E-state index in [1.54, 1.807) is 0 Å². The van der Waals surface area contributed by atoms with Crippen LogP contribution >= 0.6 is 0 Å². The molecule has 3 aromatic rings. The highest BCUT2D eigenvalue weighted by atomic mass is 16.3.